The summed E-state index contributed by atoms with van der Waals surface area (Å²) in [6, 6.07) is 1.18. The van der Waals surface area contributed by atoms with Gasteiger partial charge in [0.25, 0.3) is 0 Å². The standard InChI is InChI=1S/C12H25N5/c1-3-16(4-2)11-7-8-17(9-11)12(15-13)14-10-5-6-10/h10-11H,3-9,13H2,1-2H3,(H,14,15). The average molecular weight is 239 g/mol. The predicted octanol–water partition coefficient (Wildman–Crippen LogP) is 0.384. The fraction of sp³-hybridized carbons (Fsp3) is 0.917. The number of hydrazine groups is 1. The maximum atomic E-state index is 5.58. The van der Waals surface area contributed by atoms with Gasteiger partial charge in [0.2, 0.25) is 5.96 Å². The minimum Gasteiger partial charge on any atom is -0.340 e. The first-order chi connectivity index (χ1) is 8.28. The van der Waals surface area contributed by atoms with E-state index < -0.39 is 0 Å². The molecule has 0 amide bonds. The van der Waals surface area contributed by atoms with E-state index in [9.17, 15) is 0 Å². The van der Waals surface area contributed by atoms with E-state index in [4.69, 9.17) is 5.84 Å². The van der Waals surface area contributed by atoms with Gasteiger partial charge in [-0.3, -0.25) is 10.3 Å². The monoisotopic (exact) mass is 239 g/mol. The van der Waals surface area contributed by atoms with Crippen molar-refractivity contribution < 1.29 is 0 Å². The van der Waals surface area contributed by atoms with Gasteiger partial charge in [0.05, 0.1) is 6.04 Å². The first-order valence-electron chi connectivity index (χ1n) is 6.81. The molecule has 0 aromatic heterocycles. The third-order valence-electron chi connectivity index (χ3n) is 3.77. The van der Waals surface area contributed by atoms with Crippen molar-refractivity contribution >= 4 is 5.96 Å². The van der Waals surface area contributed by atoms with Gasteiger partial charge >= 0.3 is 0 Å². The SMILES string of the molecule is CCN(CC)C1CCN(C(=NC2CC2)NN)C1. The van der Waals surface area contributed by atoms with Crippen molar-refractivity contribution in [2.24, 2.45) is 10.8 Å². The highest BCUT2D eigenvalue weighted by Gasteiger charge is 2.29. The number of nitrogens with zero attached hydrogens (tertiary/aromatic N) is 3. The normalized spacial score (nSPS) is 25.8. The Morgan fingerprint density at radius 1 is 1.35 bits per heavy atom. The van der Waals surface area contributed by atoms with Crippen molar-refractivity contribution in [3.8, 4) is 0 Å². The lowest BCUT2D eigenvalue weighted by molar-refractivity contribution is 0.223. The minimum absolute atomic E-state index is 0.522. The Balaban J connectivity index is 1.91. The second-order valence-corrected chi connectivity index (χ2v) is 4.94. The number of nitrogens with two attached hydrogens (primary N) is 1. The number of hydrogen-bond acceptors (Lipinski definition) is 3. The molecule has 3 N–H and O–H groups in total. The molecule has 0 radical (unpaired) electrons. The molecule has 1 atom stereocenters. The molecule has 0 spiro atoms. The molecule has 0 bridgehead atoms. The Bertz CT molecular complexity index is 270. The molecule has 5 heteroatoms. The van der Waals surface area contributed by atoms with Gasteiger partial charge in [0, 0.05) is 19.1 Å². The summed E-state index contributed by atoms with van der Waals surface area (Å²) >= 11 is 0. The molecule has 1 unspecified atom stereocenters. The first kappa shape index (κ1) is 12.6. The second-order valence-electron chi connectivity index (χ2n) is 4.94. The third-order valence-corrected chi connectivity index (χ3v) is 3.77. The zero-order valence-corrected chi connectivity index (χ0v) is 11.0. The molecular formula is C12H25N5. The van der Waals surface area contributed by atoms with Gasteiger partial charge in [-0.1, -0.05) is 13.8 Å². The molecule has 98 valence electrons. The largest absolute Gasteiger partial charge is 0.340 e. The van der Waals surface area contributed by atoms with E-state index >= 15 is 0 Å². The summed E-state index contributed by atoms with van der Waals surface area (Å²) in [5, 5.41) is 0. The van der Waals surface area contributed by atoms with Gasteiger partial charge in [0.1, 0.15) is 0 Å². The van der Waals surface area contributed by atoms with Crippen LogP contribution in [0.2, 0.25) is 0 Å². The number of likely N-dealkylation sites (tertiary alicyclic amines) is 1. The number of likely N-dealkylation sites (N-methyl/N-ethyl adjacent to an activating group) is 1. The molecule has 17 heavy (non-hydrogen) atoms. The summed E-state index contributed by atoms with van der Waals surface area (Å²) in [6.45, 7) is 8.83. The van der Waals surface area contributed by atoms with Gasteiger partial charge in [-0.2, -0.15) is 0 Å². The van der Waals surface area contributed by atoms with E-state index in [-0.39, 0.29) is 0 Å². The molecule has 5 nitrogen and oxygen atoms in total. The van der Waals surface area contributed by atoms with E-state index in [1.807, 2.05) is 0 Å². The second kappa shape index (κ2) is 5.69. The lowest BCUT2D eigenvalue weighted by Crippen LogP contribution is -2.45. The lowest BCUT2D eigenvalue weighted by Gasteiger charge is -2.26. The highest BCUT2D eigenvalue weighted by Crippen LogP contribution is 2.24. The predicted molar refractivity (Wildman–Crippen MR) is 70.7 cm³/mol. The molecule has 2 rings (SSSR count). The summed E-state index contributed by atoms with van der Waals surface area (Å²) in [5.41, 5.74) is 2.77. The first-order valence-corrected chi connectivity index (χ1v) is 6.81. The van der Waals surface area contributed by atoms with Crippen LogP contribution in [0.5, 0.6) is 0 Å². The number of rotatable bonds is 4. The molecule has 0 aromatic rings. The van der Waals surface area contributed by atoms with Crippen molar-refractivity contribution in [1.82, 2.24) is 15.2 Å². The van der Waals surface area contributed by atoms with Crippen LogP contribution in [0.3, 0.4) is 0 Å². The molecule has 1 aliphatic heterocycles. The van der Waals surface area contributed by atoms with Crippen LogP contribution in [0.1, 0.15) is 33.1 Å². The number of nitrogens with one attached hydrogen (secondary N) is 1. The zero-order chi connectivity index (χ0) is 12.3. The van der Waals surface area contributed by atoms with Gasteiger partial charge in [-0.05, 0) is 32.4 Å². The summed E-state index contributed by atoms with van der Waals surface area (Å²) < 4.78 is 0. The fourth-order valence-corrected chi connectivity index (χ4v) is 2.56. The Morgan fingerprint density at radius 2 is 2.06 bits per heavy atom. The van der Waals surface area contributed by atoms with Crippen LogP contribution in [0.15, 0.2) is 4.99 Å². The summed E-state index contributed by atoms with van der Waals surface area (Å²) in [7, 11) is 0. The smallest absolute Gasteiger partial charge is 0.208 e. The van der Waals surface area contributed by atoms with E-state index in [2.05, 4.69) is 34.1 Å². The number of guanidine groups is 1. The zero-order valence-electron chi connectivity index (χ0n) is 11.0. The molecule has 2 fully saturated rings. The van der Waals surface area contributed by atoms with Crippen molar-refractivity contribution in [3.05, 3.63) is 0 Å². The van der Waals surface area contributed by atoms with E-state index in [1.54, 1.807) is 0 Å². The number of aliphatic imine (C=N–C) groups is 1. The maximum absolute atomic E-state index is 5.58. The molecule has 0 aromatic carbocycles. The Kier molecular flexibility index (Phi) is 4.23. The molecule has 1 saturated carbocycles. The topological polar surface area (TPSA) is 56.9 Å². The Labute approximate surface area is 104 Å². The molecule has 2 aliphatic rings. The van der Waals surface area contributed by atoms with Crippen molar-refractivity contribution in [2.75, 3.05) is 26.2 Å². The van der Waals surface area contributed by atoms with Crippen LogP contribution < -0.4 is 11.3 Å². The van der Waals surface area contributed by atoms with Crippen LogP contribution in [0.25, 0.3) is 0 Å². The van der Waals surface area contributed by atoms with Crippen LogP contribution in [0, 0.1) is 0 Å². The quantitative estimate of drug-likeness (QED) is 0.322. The average Bonchev–Trinajstić information content (AvgIpc) is 3.05. The summed E-state index contributed by atoms with van der Waals surface area (Å²) in [5.74, 6) is 6.47. The summed E-state index contributed by atoms with van der Waals surface area (Å²) in [4.78, 5) is 9.43. The van der Waals surface area contributed by atoms with Crippen molar-refractivity contribution in [2.45, 2.75) is 45.2 Å². The third kappa shape index (κ3) is 3.10. The lowest BCUT2D eigenvalue weighted by atomic mass is 10.2. The fourth-order valence-electron chi connectivity index (χ4n) is 2.56. The van der Waals surface area contributed by atoms with Crippen LogP contribution in [-0.2, 0) is 0 Å². The molecule has 1 heterocycles. The molecule has 1 aliphatic carbocycles. The van der Waals surface area contributed by atoms with E-state index in [0.29, 0.717) is 12.1 Å². The minimum atomic E-state index is 0.522. The maximum Gasteiger partial charge on any atom is 0.208 e. The van der Waals surface area contributed by atoms with Gasteiger partial charge in [-0.25, -0.2) is 10.8 Å². The van der Waals surface area contributed by atoms with Crippen molar-refractivity contribution in [3.63, 3.8) is 0 Å². The van der Waals surface area contributed by atoms with Crippen molar-refractivity contribution in [1.29, 1.82) is 0 Å². The molecular weight excluding hydrogens is 214 g/mol. The Hall–Kier alpha value is -0.810. The Morgan fingerprint density at radius 3 is 2.59 bits per heavy atom. The van der Waals surface area contributed by atoms with E-state index in [0.717, 1.165) is 32.1 Å². The molecule has 1 saturated heterocycles. The van der Waals surface area contributed by atoms with Gasteiger partial charge in [-0.15, -0.1) is 0 Å². The van der Waals surface area contributed by atoms with Gasteiger partial charge in [0.15, 0.2) is 0 Å². The number of hydrogen-bond donors (Lipinski definition) is 2. The van der Waals surface area contributed by atoms with Crippen LogP contribution in [0.4, 0.5) is 0 Å². The summed E-state index contributed by atoms with van der Waals surface area (Å²) in [6.07, 6.45) is 3.66. The highest BCUT2D eigenvalue weighted by molar-refractivity contribution is 5.80. The highest BCUT2D eigenvalue weighted by atomic mass is 15.4. The van der Waals surface area contributed by atoms with Gasteiger partial charge < -0.3 is 4.90 Å². The van der Waals surface area contributed by atoms with Crippen LogP contribution in [-0.4, -0.2) is 54.0 Å². The van der Waals surface area contributed by atoms with E-state index in [1.165, 1.54) is 19.3 Å². The van der Waals surface area contributed by atoms with Crippen LogP contribution >= 0.6 is 0 Å².